The summed E-state index contributed by atoms with van der Waals surface area (Å²) in [6, 6.07) is 10.4. The van der Waals surface area contributed by atoms with E-state index in [9.17, 15) is 13.2 Å². The van der Waals surface area contributed by atoms with Gasteiger partial charge in [0, 0.05) is 30.8 Å². The van der Waals surface area contributed by atoms with E-state index in [-0.39, 0.29) is 16.8 Å². The molecule has 1 aliphatic rings. The fraction of sp³-hybridized carbons (Fsp3) is 0.368. The van der Waals surface area contributed by atoms with Gasteiger partial charge in [0.05, 0.1) is 12.0 Å². The number of ether oxygens (including phenoxy) is 1. The minimum absolute atomic E-state index is 0.0804. The highest BCUT2D eigenvalue weighted by Gasteiger charge is 2.27. The molecule has 2 N–H and O–H groups in total. The number of hydrogen-bond acceptors (Lipinski definition) is 5. The number of methoxy groups -OCH3 is 1. The molecule has 144 valence electrons. The van der Waals surface area contributed by atoms with Crippen LogP contribution in [0.2, 0.25) is 0 Å². The lowest BCUT2D eigenvalue weighted by Gasteiger charge is -2.09. The molecular formula is C19H23N3O4S. The summed E-state index contributed by atoms with van der Waals surface area (Å²) in [6.45, 7) is 0.347. The number of carbonyl (C=O) groups excluding carboxylic acids is 1. The lowest BCUT2D eigenvalue weighted by Crippen LogP contribution is -2.25. The zero-order chi connectivity index (χ0) is 19.3. The van der Waals surface area contributed by atoms with Gasteiger partial charge < -0.3 is 10.1 Å². The Labute approximate surface area is 159 Å². The van der Waals surface area contributed by atoms with Crippen LogP contribution in [0.25, 0.3) is 0 Å². The number of nitrogens with zero attached hydrogens (tertiary/aromatic N) is 1. The van der Waals surface area contributed by atoms with E-state index in [2.05, 4.69) is 15.0 Å². The summed E-state index contributed by atoms with van der Waals surface area (Å²) in [4.78, 5) is 16.4. The van der Waals surface area contributed by atoms with E-state index in [4.69, 9.17) is 4.74 Å². The van der Waals surface area contributed by atoms with Gasteiger partial charge in [0.25, 0.3) is 0 Å². The molecule has 0 radical (unpaired) electrons. The third-order valence-electron chi connectivity index (χ3n) is 4.29. The smallest absolute Gasteiger partial charge is 0.240 e. The summed E-state index contributed by atoms with van der Waals surface area (Å²) >= 11 is 0. The van der Waals surface area contributed by atoms with Crippen molar-refractivity contribution in [2.24, 2.45) is 0 Å². The molecule has 27 heavy (non-hydrogen) atoms. The van der Waals surface area contributed by atoms with E-state index in [0.717, 1.165) is 24.0 Å². The minimum atomic E-state index is -3.44. The maximum atomic E-state index is 12.1. The molecule has 1 amide bonds. The Hall–Kier alpha value is -2.45. The number of rotatable bonds is 9. The van der Waals surface area contributed by atoms with Gasteiger partial charge in [-0.3, -0.25) is 4.79 Å². The normalized spacial score (nSPS) is 14.0. The number of pyridine rings is 1. The summed E-state index contributed by atoms with van der Waals surface area (Å²) in [5.74, 6) is 0.405. The second kappa shape index (κ2) is 8.49. The Bertz CT molecular complexity index is 893. The van der Waals surface area contributed by atoms with E-state index in [0.29, 0.717) is 25.3 Å². The molecule has 1 saturated carbocycles. The van der Waals surface area contributed by atoms with Gasteiger partial charge in [-0.2, -0.15) is 0 Å². The van der Waals surface area contributed by atoms with Crippen LogP contribution in [0, 0.1) is 0 Å². The molecule has 1 aromatic heterocycles. The van der Waals surface area contributed by atoms with Crippen LogP contribution in [-0.2, 0) is 27.8 Å². The van der Waals surface area contributed by atoms with E-state index < -0.39 is 10.0 Å². The van der Waals surface area contributed by atoms with Crippen LogP contribution in [0.5, 0.6) is 5.88 Å². The molecule has 0 aliphatic heterocycles. The predicted molar refractivity (Wildman–Crippen MR) is 101 cm³/mol. The van der Waals surface area contributed by atoms with E-state index in [1.165, 1.54) is 7.11 Å². The number of benzene rings is 1. The first-order chi connectivity index (χ1) is 13.0. The van der Waals surface area contributed by atoms with Crippen LogP contribution < -0.4 is 14.8 Å². The molecule has 1 aliphatic carbocycles. The zero-order valence-corrected chi connectivity index (χ0v) is 16.0. The minimum Gasteiger partial charge on any atom is -0.481 e. The first-order valence-corrected chi connectivity index (χ1v) is 10.3. The fourth-order valence-electron chi connectivity index (χ4n) is 2.61. The molecule has 1 fully saturated rings. The highest BCUT2D eigenvalue weighted by molar-refractivity contribution is 7.89. The summed E-state index contributed by atoms with van der Waals surface area (Å²) in [5.41, 5.74) is 1.72. The van der Waals surface area contributed by atoms with Crippen LogP contribution in [0.3, 0.4) is 0 Å². The van der Waals surface area contributed by atoms with Crippen molar-refractivity contribution in [2.75, 3.05) is 7.11 Å². The molecule has 8 heteroatoms. The molecule has 0 atom stereocenters. The first-order valence-electron chi connectivity index (χ1n) is 8.84. The SMILES string of the molecule is COc1ncccc1CNC(=O)CCc1ccc(S(=O)(=O)NC2CC2)cc1. The molecule has 3 rings (SSSR count). The Morgan fingerprint density at radius 3 is 2.63 bits per heavy atom. The summed E-state index contributed by atoms with van der Waals surface area (Å²) in [7, 11) is -1.90. The monoisotopic (exact) mass is 389 g/mol. The Morgan fingerprint density at radius 1 is 1.22 bits per heavy atom. The number of nitrogens with one attached hydrogen (secondary N) is 2. The molecule has 1 aromatic carbocycles. The first kappa shape index (κ1) is 19.3. The lowest BCUT2D eigenvalue weighted by atomic mass is 10.1. The second-order valence-corrected chi connectivity index (χ2v) is 8.20. The van der Waals surface area contributed by atoms with Crippen molar-refractivity contribution in [3.63, 3.8) is 0 Å². The highest BCUT2D eigenvalue weighted by Crippen LogP contribution is 2.22. The number of sulfonamides is 1. The van der Waals surface area contributed by atoms with Crippen molar-refractivity contribution in [1.29, 1.82) is 0 Å². The fourth-order valence-corrected chi connectivity index (χ4v) is 3.91. The third kappa shape index (κ3) is 5.51. The summed E-state index contributed by atoms with van der Waals surface area (Å²) in [6.07, 6.45) is 4.28. The van der Waals surface area contributed by atoms with E-state index >= 15 is 0 Å². The van der Waals surface area contributed by atoms with Crippen molar-refractivity contribution in [3.8, 4) is 5.88 Å². The van der Waals surface area contributed by atoms with Gasteiger partial charge in [0.2, 0.25) is 21.8 Å². The van der Waals surface area contributed by atoms with Crippen LogP contribution in [0.4, 0.5) is 0 Å². The molecule has 0 unspecified atom stereocenters. The van der Waals surface area contributed by atoms with Gasteiger partial charge in [0.1, 0.15) is 0 Å². The summed E-state index contributed by atoms with van der Waals surface area (Å²) < 4.78 is 32.1. The van der Waals surface area contributed by atoms with Crippen molar-refractivity contribution in [2.45, 2.75) is 43.2 Å². The second-order valence-electron chi connectivity index (χ2n) is 6.49. The van der Waals surface area contributed by atoms with E-state index in [1.807, 2.05) is 6.07 Å². The summed E-state index contributed by atoms with van der Waals surface area (Å²) in [5, 5.41) is 2.84. The number of hydrogen-bond donors (Lipinski definition) is 2. The average Bonchev–Trinajstić information content (AvgIpc) is 3.48. The van der Waals surface area contributed by atoms with Crippen molar-refractivity contribution in [3.05, 3.63) is 53.7 Å². The number of carbonyl (C=O) groups is 1. The van der Waals surface area contributed by atoms with Crippen LogP contribution in [-0.4, -0.2) is 32.5 Å². The average molecular weight is 389 g/mol. The van der Waals surface area contributed by atoms with Crippen LogP contribution in [0.15, 0.2) is 47.5 Å². The third-order valence-corrected chi connectivity index (χ3v) is 5.83. The molecule has 2 aromatic rings. The van der Waals surface area contributed by atoms with Gasteiger partial charge in [-0.15, -0.1) is 0 Å². The number of aromatic nitrogens is 1. The predicted octanol–water partition coefficient (Wildman–Crippen LogP) is 1.78. The van der Waals surface area contributed by atoms with Crippen LogP contribution >= 0.6 is 0 Å². The van der Waals surface area contributed by atoms with Crippen molar-refractivity contribution >= 4 is 15.9 Å². The lowest BCUT2D eigenvalue weighted by molar-refractivity contribution is -0.121. The van der Waals surface area contributed by atoms with Crippen molar-refractivity contribution < 1.29 is 17.9 Å². The Kier molecular flexibility index (Phi) is 6.08. The Balaban J connectivity index is 1.48. The maximum absolute atomic E-state index is 12.1. The molecular weight excluding hydrogens is 366 g/mol. The van der Waals surface area contributed by atoms with Gasteiger partial charge in [-0.1, -0.05) is 18.2 Å². The topological polar surface area (TPSA) is 97.4 Å². The quantitative estimate of drug-likeness (QED) is 0.681. The zero-order valence-electron chi connectivity index (χ0n) is 15.1. The van der Waals surface area contributed by atoms with Gasteiger partial charge >= 0.3 is 0 Å². The van der Waals surface area contributed by atoms with Crippen molar-refractivity contribution in [1.82, 2.24) is 15.0 Å². The molecule has 7 nitrogen and oxygen atoms in total. The standard InChI is InChI=1S/C19H23N3O4S/c1-26-19-15(3-2-12-20-19)13-21-18(23)11-6-14-4-9-17(10-5-14)27(24,25)22-16-7-8-16/h2-5,9-10,12,16,22H,6-8,11,13H2,1H3,(H,21,23). The largest absolute Gasteiger partial charge is 0.481 e. The molecule has 0 spiro atoms. The molecule has 1 heterocycles. The van der Waals surface area contributed by atoms with Gasteiger partial charge in [-0.25, -0.2) is 18.1 Å². The van der Waals surface area contributed by atoms with Gasteiger partial charge in [0.15, 0.2) is 0 Å². The van der Waals surface area contributed by atoms with Crippen LogP contribution in [0.1, 0.15) is 30.4 Å². The van der Waals surface area contributed by atoms with E-state index in [1.54, 1.807) is 36.5 Å². The van der Waals surface area contributed by atoms with Gasteiger partial charge in [-0.05, 0) is 43.0 Å². The molecule has 0 saturated heterocycles. The highest BCUT2D eigenvalue weighted by atomic mass is 32.2. The Morgan fingerprint density at radius 2 is 1.96 bits per heavy atom. The maximum Gasteiger partial charge on any atom is 0.240 e. The number of amides is 1. The number of aryl methyl sites for hydroxylation is 1. The molecule has 0 bridgehead atoms.